The molecule has 0 bridgehead atoms. The van der Waals surface area contributed by atoms with Crippen LogP contribution in [0, 0.1) is 53.8 Å². The number of terminal acetylenes is 1. The van der Waals surface area contributed by atoms with Crippen molar-refractivity contribution in [1.82, 2.24) is 43.6 Å². The molecule has 14 heteroatoms. The monoisotopic (exact) mass is 1020 g/mol. The number of hydrogen-bond acceptors (Lipinski definition) is 9. The van der Waals surface area contributed by atoms with E-state index < -0.39 is 0 Å². The van der Waals surface area contributed by atoms with Gasteiger partial charge in [0.1, 0.15) is 34.6 Å². The van der Waals surface area contributed by atoms with E-state index in [0.29, 0.717) is 39.6 Å². The topological polar surface area (TPSA) is 143 Å². The summed E-state index contributed by atoms with van der Waals surface area (Å²) >= 11 is 3.40. The fourth-order valence-corrected chi connectivity index (χ4v) is 8.97. The quantitative estimate of drug-likeness (QED) is 0.137. The maximum absolute atomic E-state index is 12.5. The van der Waals surface area contributed by atoms with Crippen molar-refractivity contribution in [2.75, 3.05) is 0 Å². The van der Waals surface area contributed by atoms with Gasteiger partial charge < -0.3 is 0 Å². The van der Waals surface area contributed by atoms with Crippen LogP contribution in [0.5, 0.6) is 0 Å². The molecule has 0 fully saturated rings. The van der Waals surface area contributed by atoms with E-state index in [4.69, 9.17) is 6.42 Å². The van der Waals surface area contributed by atoms with Gasteiger partial charge in [-0.2, -0.15) is 0 Å². The van der Waals surface area contributed by atoms with Gasteiger partial charge in [0.15, 0.2) is 0 Å². The van der Waals surface area contributed by atoms with Crippen molar-refractivity contribution in [3.8, 4) is 36.0 Å². The first-order valence-corrected chi connectivity index (χ1v) is 23.8. The van der Waals surface area contributed by atoms with Crippen LogP contribution in [-0.4, -0.2) is 43.6 Å². The normalized spacial score (nSPS) is 15.5. The third kappa shape index (κ3) is 11.5. The van der Waals surface area contributed by atoms with E-state index >= 15 is 0 Å². The number of hydrogen-bond donors (Lipinski definition) is 0. The van der Waals surface area contributed by atoms with Crippen molar-refractivity contribution in [3.05, 3.63) is 209 Å². The Morgan fingerprint density at radius 1 is 0.493 bits per heavy atom. The highest BCUT2D eigenvalue weighted by Crippen LogP contribution is 2.23. The molecule has 3 aliphatic rings. The van der Waals surface area contributed by atoms with E-state index in [1.807, 2.05) is 103 Å². The van der Waals surface area contributed by atoms with Gasteiger partial charge in [-0.1, -0.05) is 72.7 Å². The molecular formula is C57H47BrClN9O3. The molecule has 71 heavy (non-hydrogen) atoms. The molecule has 0 aliphatic carbocycles. The summed E-state index contributed by atoms with van der Waals surface area (Å²) in [6.45, 7) is 8.75. The summed E-state index contributed by atoms with van der Waals surface area (Å²) in [6.07, 6.45) is 12.8. The summed E-state index contributed by atoms with van der Waals surface area (Å²) in [5, 5.41) is 2.03. The van der Waals surface area contributed by atoms with Crippen LogP contribution in [-0.2, 0) is 38.9 Å². The average Bonchev–Trinajstić information content (AvgIpc) is 4.08. The molecule has 3 aliphatic heterocycles. The van der Waals surface area contributed by atoms with Gasteiger partial charge in [0, 0.05) is 73.1 Å². The molecule has 0 radical (unpaired) electrons. The molecule has 0 spiro atoms. The Morgan fingerprint density at radius 3 is 1.21 bits per heavy atom. The Labute approximate surface area is 424 Å². The molecule has 0 saturated heterocycles. The van der Waals surface area contributed by atoms with Crippen LogP contribution in [0.2, 0.25) is 0 Å². The number of benzene rings is 3. The van der Waals surface area contributed by atoms with Gasteiger partial charge in [-0.3, -0.25) is 28.1 Å². The van der Waals surface area contributed by atoms with Crippen molar-refractivity contribution >= 4 is 61.0 Å². The van der Waals surface area contributed by atoms with Crippen LogP contribution in [0.4, 0.5) is 0 Å². The van der Waals surface area contributed by atoms with Crippen molar-refractivity contribution in [2.24, 2.45) is 17.8 Å². The number of fused-ring (bicyclic) bond motifs is 6. The summed E-state index contributed by atoms with van der Waals surface area (Å²) in [5.74, 6) is 18.8. The van der Waals surface area contributed by atoms with Crippen LogP contribution in [0.15, 0.2) is 147 Å². The Kier molecular flexibility index (Phi) is 15.4. The van der Waals surface area contributed by atoms with Crippen LogP contribution in [0.1, 0.15) is 66.5 Å². The molecule has 12 nitrogen and oxygen atoms in total. The fourth-order valence-electron chi connectivity index (χ4n) is 8.62. The third-order valence-corrected chi connectivity index (χ3v) is 12.4. The zero-order valence-corrected chi connectivity index (χ0v) is 41.6. The largest absolute Gasteiger partial charge is 0.296 e. The molecule has 3 atom stereocenters. The van der Waals surface area contributed by atoms with Crippen molar-refractivity contribution in [2.45, 2.75) is 59.7 Å². The molecule has 0 amide bonds. The van der Waals surface area contributed by atoms with E-state index in [1.165, 1.54) is 0 Å². The molecule has 352 valence electrons. The van der Waals surface area contributed by atoms with Gasteiger partial charge in [0.25, 0.3) is 16.7 Å². The molecule has 12 rings (SSSR count). The zero-order valence-electron chi connectivity index (χ0n) is 39.2. The van der Waals surface area contributed by atoms with E-state index in [0.717, 1.165) is 99.9 Å². The van der Waals surface area contributed by atoms with Gasteiger partial charge in [0.05, 0.1) is 32.7 Å². The van der Waals surface area contributed by atoms with Crippen molar-refractivity contribution in [1.29, 1.82) is 0 Å². The van der Waals surface area contributed by atoms with Crippen molar-refractivity contribution in [3.63, 3.8) is 0 Å². The Bertz CT molecular complexity index is 3630. The molecule has 0 saturated carbocycles. The van der Waals surface area contributed by atoms with Gasteiger partial charge in [0.2, 0.25) is 0 Å². The van der Waals surface area contributed by atoms with Crippen LogP contribution >= 0.6 is 28.3 Å². The minimum Gasteiger partial charge on any atom is -0.296 e. The average molecular weight is 1020 g/mol. The molecule has 3 unspecified atom stereocenters. The second-order valence-electron chi connectivity index (χ2n) is 17.7. The fraction of sp³-hybridized carbons (Fsp3) is 0.211. The predicted molar refractivity (Wildman–Crippen MR) is 284 cm³/mol. The first-order chi connectivity index (χ1) is 34.0. The maximum Gasteiger partial charge on any atom is 0.261 e. The number of rotatable bonds is 0. The minimum atomic E-state index is 0. The number of halogens is 2. The van der Waals surface area contributed by atoms with Gasteiger partial charge in [-0.15, -0.1) is 18.8 Å². The molecule has 9 aromatic rings. The predicted octanol–water partition coefficient (Wildman–Crippen LogP) is 8.60. The lowest BCUT2D eigenvalue weighted by Crippen LogP contribution is -2.21. The van der Waals surface area contributed by atoms with Gasteiger partial charge in [-0.05, 0) is 121 Å². The summed E-state index contributed by atoms with van der Waals surface area (Å²) < 4.78 is 6.36. The SMILES string of the molecule is C#Cc1ccccn1.CC1Cc2nc3cc(Br)ccc3c(=O)n2C1.CC1Cc2nc3cc(C#Cc4ccccn4)ccc3c(=O)n2C1.CC1Cc2nc3cc(C#Cc4ccccn4)ccc3c(=O)n2C1.Cl. The standard InChI is InChI=1S/2C19H15N3O.C12H11BrN2O.C7H5N.ClH/c2*1-13-10-18-21-17-11-14(5-7-15-4-2-3-9-20-15)6-8-16(17)19(23)22(18)12-13;1-7-4-11-14-10-5-8(13)2-3-9(10)12(16)15(11)6-7;1-2-7-5-3-4-6-8-7;/h2*2-4,6,8-9,11,13H,10,12H2,1H3;2-3,5,7H,4,6H2,1H3;1,3-6H;1H. The molecule has 0 N–H and O–H groups in total. The molecular weight excluding hydrogens is 974 g/mol. The number of pyridine rings is 3. The summed E-state index contributed by atoms with van der Waals surface area (Å²) in [5.41, 5.74) is 6.26. The molecule has 3 aromatic carbocycles. The highest BCUT2D eigenvalue weighted by Gasteiger charge is 2.24. The van der Waals surface area contributed by atoms with Crippen molar-refractivity contribution < 1.29 is 0 Å². The Balaban J connectivity index is 0.000000133. The zero-order chi connectivity index (χ0) is 48.7. The number of aromatic nitrogens is 9. The smallest absolute Gasteiger partial charge is 0.261 e. The van der Waals surface area contributed by atoms with E-state index in [1.54, 1.807) is 38.4 Å². The van der Waals surface area contributed by atoms with Crippen LogP contribution < -0.4 is 16.7 Å². The second-order valence-corrected chi connectivity index (χ2v) is 18.6. The lowest BCUT2D eigenvalue weighted by Gasteiger charge is -2.05. The molecule has 6 aromatic heterocycles. The van der Waals surface area contributed by atoms with E-state index in [-0.39, 0.29) is 29.1 Å². The van der Waals surface area contributed by atoms with Gasteiger partial charge >= 0.3 is 0 Å². The summed E-state index contributed by atoms with van der Waals surface area (Å²) in [4.78, 5) is 63.4. The Hall–Kier alpha value is -8.02. The third-order valence-electron chi connectivity index (χ3n) is 12.0. The van der Waals surface area contributed by atoms with E-state index in [2.05, 4.69) is 96.2 Å². The minimum absolute atomic E-state index is 0. The highest BCUT2D eigenvalue weighted by atomic mass is 79.9. The van der Waals surface area contributed by atoms with E-state index in [9.17, 15) is 14.4 Å². The van der Waals surface area contributed by atoms with Crippen LogP contribution in [0.25, 0.3) is 32.7 Å². The maximum atomic E-state index is 12.5. The summed E-state index contributed by atoms with van der Waals surface area (Å²) in [6, 6.07) is 33.5. The molecule has 9 heterocycles. The van der Waals surface area contributed by atoms with Crippen LogP contribution in [0.3, 0.4) is 0 Å². The highest BCUT2D eigenvalue weighted by molar-refractivity contribution is 9.10. The lowest BCUT2D eigenvalue weighted by atomic mass is 10.1. The first-order valence-electron chi connectivity index (χ1n) is 23.0. The van der Waals surface area contributed by atoms with Gasteiger partial charge in [-0.25, -0.2) is 29.9 Å². The summed E-state index contributed by atoms with van der Waals surface area (Å²) in [7, 11) is 0. The lowest BCUT2D eigenvalue weighted by molar-refractivity contribution is 0.558. The Morgan fingerprint density at radius 2 is 0.859 bits per heavy atom. The number of nitrogens with zero attached hydrogens (tertiary/aromatic N) is 9. The first kappa shape index (κ1) is 49.4. The second kappa shape index (κ2) is 22.2.